The van der Waals surface area contributed by atoms with Crippen molar-refractivity contribution in [2.24, 2.45) is 0 Å². The van der Waals surface area contributed by atoms with Gasteiger partial charge in [-0.15, -0.1) is 0 Å². The van der Waals surface area contributed by atoms with Gasteiger partial charge in [-0.1, -0.05) is 0 Å². The largest absolute Gasteiger partial charge is 0.393 e. The van der Waals surface area contributed by atoms with Gasteiger partial charge in [-0.2, -0.15) is 0 Å². The van der Waals surface area contributed by atoms with Crippen LogP contribution in [-0.4, -0.2) is 44.8 Å². The number of hydrogen-bond donors (Lipinski definition) is 4. The van der Waals surface area contributed by atoms with Crippen LogP contribution in [0.4, 0.5) is 0 Å². The molecule has 86 valence electrons. The van der Waals surface area contributed by atoms with Gasteiger partial charge in [-0.3, -0.25) is 0 Å². The molecule has 0 bridgehead atoms. The van der Waals surface area contributed by atoms with E-state index in [0.29, 0.717) is 25.7 Å². The van der Waals surface area contributed by atoms with E-state index < -0.39 is 24.4 Å². The second-order valence-corrected chi connectivity index (χ2v) is 3.99. The maximum Gasteiger partial charge on any atom is 0.0800 e. The summed E-state index contributed by atoms with van der Waals surface area (Å²) in [6.07, 6.45) is -0.772. The third kappa shape index (κ3) is 7.26. The van der Waals surface area contributed by atoms with E-state index in [0.717, 1.165) is 0 Å². The molecule has 0 aromatic carbocycles. The Morgan fingerprint density at radius 2 is 0.929 bits per heavy atom. The Balaban J connectivity index is 3.59. The van der Waals surface area contributed by atoms with Crippen molar-refractivity contribution < 1.29 is 20.4 Å². The standard InChI is InChI=1S/C10H22O4/c1-7(11)3-5-9(13)10(14)6-4-8(2)12/h7-14H,3-6H2,1-2H3. The van der Waals surface area contributed by atoms with Crippen molar-refractivity contribution in [2.75, 3.05) is 0 Å². The Morgan fingerprint density at radius 1 is 0.643 bits per heavy atom. The number of aliphatic hydroxyl groups excluding tert-OH is 4. The number of rotatable bonds is 7. The predicted molar refractivity (Wildman–Crippen MR) is 53.8 cm³/mol. The molecule has 0 aliphatic heterocycles. The van der Waals surface area contributed by atoms with Crippen LogP contribution in [0.5, 0.6) is 0 Å². The van der Waals surface area contributed by atoms with Gasteiger partial charge in [0, 0.05) is 0 Å². The minimum atomic E-state index is -0.802. The molecule has 4 heteroatoms. The summed E-state index contributed by atoms with van der Waals surface area (Å²) in [4.78, 5) is 0. The monoisotopic (exact) mass is 206 g/mol. The Bertz CT molecular complexity index is 120. The molecule has 0 fully saturated rings. The van der Waals surface area contributed by atoms with Crippen LogP contribution in [0.15, 0.2) is 0 Å². The molecule has 4 nitrogen and oxygen atoms in total. The third-order valence-corrected chi connectivity index (χ3v) is 2.20. The molecule has 0 rings (SSSR count). The molecule has 4 unspecified atom stereocenters. The highest BCUT2D eigenvalue weighted by atomic mass is 16.3. The molecule has 0 saturated carbocycles. The lowest BCUT2D eigenvalue weighted by Crippen LogP contribution is -2.27. The third-order valence-electron chi connectivity index (χ3n) is 2.20. The van der Waals surface area contributed by atoms with Gasteiger partial charge in [0.05, 0.1) is 24.4 Å². The molecule has 4 N–H and O–H groups in total. The summed E-state index contributed by atoms with van der Waals surface area (Å²) in [6.45, 7) is 3.30. The van der Waals surface area contributed by atoms with Crippen molar-refractivity contribution in [1.29, 1.82) is 0 Å². The highest BCUT2D eigenvalue weighted by molar-refractivity contribution is 4.69. The van der Waals surface area contributed by atoms with E-state index in [1.807, 2.05) is 0 Å². The second-order valence-electron chi connectivity index (χ2n) is 3.99. The lowest BCUT2D eigenvalue weighted by molar-refractivity contribution is -0.00398. The van der Waals surface area contributed by atoms with Gasteiger partial charge in [0.1, 0.15) is 0 Å². The summed E-state index contributed by atoms with van der Waals surface area (Å²) < 4.78 is 0. The van der Waals surface area contributed by atoms with Crippen LogP contribution in [0, 0.1) is 0 Å². The molecular formula is C10H22O4. The molecule has 0 saturated heterocycles. The lowest BCUT2D eigenvalue weighted by Gasteiger charge is -2.18. The van der Waals surface area contributed by atoms with Gasteiger partial charge in [0.25, 0.3) is 0 Å². The number of hydrogen-bond acceptors (Lipinski definition) is 4. The Hall–Kier alpha value is -0.160. The first-order valence-electron chi connectivity index (χ1n) is 5.15. The van der Waals surface area contributed by atoms with E-state index in [4.69, 9.17) is 10.2 Å². The predicted octanol–water partition coefficient (Wildman–Crippen LogP) is 0.0302. The zero-order valence-electron chi connectivity index (χ0n) is 8.93. The Morgan fingerprint density at radius 3 is 1.14 bits per heavy atom. The maximum absolute atomic E-state index is 9.44. The van der Waals surface area contributed by atoms with E-state index in [2.05, 4.69) is 0 Å². The summed E-state index contributed by atoms with van der Waals surface area (Å²) in [7, 11) is 0. The first-order valence-corrected chi connectivity index (χ1v) is 5.15. The van der Waals surface area contributed by atoms with Crippen molar-refractivity contribution >= 4 is 0 Å². The zero-order chi connectivity index (χ0) is 11.1. The molecule has 0 heterocycles. The van der Waals surface area contributed by atoms with Crippen LogP contribution >= 0.6 is 0 Å². The van der Waals surface area contributed by atoms with Crippen LogP contribution < -0.4 is 0 Å². The fraction of sp³-hybridized carbons (Fsp3) is 1.00. The molecule has 0 spiro atoms. The van der Waals surface area contributed by atoms with E-state index in [-0.39, 0.29) is 0 Å². The van der Waals surface area contributed by atoms with Gasteiger partial charge in [-0.05, 0) is 39.5 Å². The van der Waals surface area contributed by atoms with E-state index in [1.54, 1.807) is 13.8 Å². The fourth-order valence-corrected chi connectivity index (χ4v) is 1.21. The molecule has 0 aliphatic carbocycles. The van der Waals surface area contributed by atoms with E-state index in [1.165, 1.54) is 0 Å². The number of aliphatic hydroxyl groups is 4. The minimum Gasteiger partial charge on any atom is -0.393 e. The van der Waals surface area contributed by atoms with Gasteiger partial charge < -0.3 is 20.4 Å². The van der Waals surface area contributed by atoms with E-state index in [9.17, 15) is 10.2 Å². The van der Waals surface area contributed by atoms with Crippen molar-refractivity contribution in [3.8, 4) is 0 Å². The molecule has 0 aliphatic rings. The first kappa shape index (κ1) is 13.8. The molecule has 4 atom stereocenters. The van der Waals surface area contributed by atoms with Crippen molar-refractivity contribution in [2.45, 2.75) is 63.9 Å². The summed E-state index contributed by atoms with van der Waals surface area (Å²) in [5.74, 6) is 0. The molecule has 0 radical (unpaired) electrons. The average Bonchev–Trinajstić information content (AvgIpc) is 2.09. The SMILES string of the molecule is CC(O)CCC(O)C(O)CCC(C)O. The van der Waals surface area contributed by atoms with Crippen LogP contribution in [-0.2, 0) is 0 Å². The second kappa shape index (κ2) is 7.17. The zero-order valence-corrected chi connectivity index (χ0v) is 8.93. The van der Waals surface area contributed by atoms with Crippen LogP contribution in [0.2, 0.25) is 0 Å². The Labute approximate surface area is 85.2 Å². The highest BCUT2D eigenvalue weighted by Crippen LogP contribution is 2.10. The summed E-state index contributed by atoms with van der Waals surface area (Å²) in [5.41, 5.74) is 0. The topological polar surface area (TPSA) is 80.9 Å². The molecule has 0 amide bonds. The first-order chi connectivity index (χ1) is 6.43. The maximum atomic E-state index is 9.44. The summed E-state index contributed by atoms with van der Waals surface area (Å²) in [5, 5.41) is 36.8. The summed E-state index contributed by atoms with van der Waals surface area (Å²) >= 11 is 0. The molecule has 14 heavy (non-hydrogen) atoms. The smallest absolute Gasteiger partial charge is 0.0800 e. The fourth-order valence-electron chi connectivity index (χ4n) is 1.21. The van der Waals surface area contributed by atoms with Gasteiger partial charge in [0.2, 0.25) is 0 Å². The normalized spacial score (nSPS) is 20.1. The van der Waals surface area contributed by atoms with Crippen molar-refractivity contribution in [1.82, 2.24) is 0 Å². The Kier molecular flexibility index (Phi) is 7.09. The molecular weight excluding hydrogens is 184 g/mol. The van der Waals surface area contributed by atoms with E-state index >= 15 is 0 Å². The van der Waals surface area contributed by atoms with Crippen molar-refractivity contribution in [3.05, 3.63) is 0 Å². The lowest BCUT2D eigenvalue weighted by atomic mass is 10.0. The highest BCUT2D eigenvalue weighted by Gasteiger charge is 2.17. The van der Waals surface area contributed by atoms with Crippen LogP contribution in [0.3, 0.4) is 0 Å². The van der Waals surface area contributed by atoms with Gasteiger partial charge in [0.15, 0.2) is 0 Å². The van der Waals surface area contributed by atoms with Crippen LogP contribution in [0.25, 0.3) is 0 Å². The van der Waals surface area contributed by atoms with Crippen molar-refractivity contribution in [3.63, 3.8) is 0 Å². The summed E-state index contributed by atoms with van der Waals surface area (Å²) in [6, 6.07) is 0. The molecule has 0 aromatic heterocycles. The quantitative estimate of drug-likeness (QED) is 0.474. The minimum absolute atomic E-state index is 0.388. The van der Waals surface area contributed by atoms with Gasteiger partial charge >= 0.3 is 0 Å². The van der Waals surface area contributed by atoms with Crippen LogP contribution in [0.1, 0.15) is 39.5 Å². The molecule has 0 aromatic rings. The van der Waals surface area contributed by atoms with Gasteiger partial charge in [-0.25, -0.2) is 0 Å². The average molecular weight is 206 g/mol.